The Balaban J connectivity index is 1.38. The first kappa shape index (κ1) is 20.8. The molecule has 0 radical (unpaired) electrons. The quantitative estimate of drug-likeness (QED) is 0.604. The van der Waals surface area contributed by atoms with Gasteiger partial charge in [0, 0.05) is 28.6 Å². The molecule has 0 atom stereocenters. The van der Waals surface area contributed by atoms with E-state index in [1.54, 1.807) is 0 Å². The number of hydrogen-bond donors (Lipinski definition) is 2. The maximum atomic E-state index is 12.8. The Hall–Kier alpha value is -3.06. The van der Waals surface area contributed by atoms with Gasteiger partial charge in [0.15, 0.2) is 10.9 Å². The molecule has 2 N–H and O–H groups in total. The number of hydrogen-bond acceptors (Lipinski definition) is 5. The van der Waals surface area contributed by atoms with Crippen molar-refractivity contribution in [2.75, 3.05) is 5.32 Å². The summed E-state index contributed by atoms with van der Waals surface area (Å²) in [6.07, 6.45) is 5.66. The molecule has 2 aliphatic rings. The van der Waals surface area contributed by atoms with Crippen molar-refractivity contribution in [1.82, 2.24) is 9.97 Å². The molecule has 0 aliphatic heterocycles. The summed E-state index contributed by atoms with van der Waals surface area (Å²) in [6, 6.07) is 7.87. The van der Waals surface area contributed by atoms with Crippen molar-refractivity contribution in [2.45, 2.75) is 52.4 Å². The Morgan fingerprint density at radius 2 is 1.88 bits per heavy atom. The first-order valence-electron chi connectivity index (χ1n) is 11.0. The van der Waals surface area contributed by atoms with Gasteiger partial charge in [0.25, 0.3) is 11.5 Å². The van der Waals surface area contributed by atoms with Crippen LogP contribution in [0.2, 0.25) is 0 Å². The summed E-state index contributed by atoms with van der Waals surface area (Å²) in [7, 11) is 0. The molecule has 6 nitrogen and oxygen atoms in total. The minimum atomic E-state index is -0.557. The van der Waals surface area contributed by atoms with E-state index in [0.717, 1.165) is 24.1 Å². The summed E-state index contributed by atoms with van der Waals surface area (Å²) < 4.78 is 0. The number of amides is 1. The average molecular weight is 448 g/mol. The largest absolute Gasteiger partial charge is 0.325 e. The molecule has 5 rings (SSSR count). The molecule has 0 saturated carbocycles. The number of fused-ring (bicyclic) bond motifs is 2. The third kappa shape index (κ3) is 3.93. The molecule has 0 saturated heterocycles. The van der Waals surface area contributed by atoms with Crippen LogP contribution in [0.3, 0.4) is 0 Å². The van der Waals surface area contributed by atoms with Gasteiger partial charge in [0.2, 0.25) is 0 Å². The number of H-pyrrole nitrogens is 1. The molecule has 0 bridgehead atoms. The fourth-order valence-electron chi connectivity index (χ4n) is 4.72. The number of benzene rings is 1. The first-order chi connectivity index (χ1) is 15.3. The molecule has 1 amide bonds. The van der Waals surface area contributed by atoms with E-state index >= 15 is 0 Å². The molecule has 2 heterocycles. The van der Waals surface area contributed by atoms with Crippen molar-refractivity contribution in [1.29, 1.82) is 0 Å². The second-order valence-corrected chi connectivity index (χ2v) is 10.4. The lowest BCUT2D eigenvalue weighted by molar-refractivity contribution is 0.0910. The Morgan fingerprint density at radius 1 is 1.09 bits per heavy atom. The van der Waals surface area contributed by atoms with Gasteiger partial charge in [-0.15, -0.1) is 11.3 Å². The number of carbonyl (C=O) groups excluding carboxylic acids is 2. The summed E-state index contributed by atoms with van der Waals surface area (Å²) in [5.41, 5.74) is 4.90. The van der Waals surface area contributed by atoms with Crippen LogP contribution in [0.15, 0.2) is 34.4 Å². The van der Waals surface area contributed by atoms with Crippen molar-refractivity contribution >= 4 is 28.2 Å². The molecule has 2 aliphatic carbocycles. The number of aryl methyl sites for hydroxylation is 2. The summed E-state index contributed by atoms with van der Waals surface area (Å²) >= 11 is 1.32. The molecular weight excluding hydrogens is 422 g/mol. The fourth-order valence-corrected chi connectivity index (χ4v) is 5.43. The van der Waals surface area contributed by atoms with Gasteiger partial charge >= 0.3 is 0 Å². The number of thiazole rings is 1. The van der Waals surface area contributed by atoms with Gasteiger partial charge in [-0.3, -0.25) is 19.7 Å². The van der Waals surface area contributed by atoms with E-state index in [-0.39, 0.29) is 16.8 Å². The molecule has 3 aromatic rings. The van der Waals surface area contributed by atoms with E-state index in [1.807, 2.05) is 19.2 Å². The zero-order chi connectivity index (χ0) is 22.5. The standard InChI is InChI=1S/C25H25N3O3S/c1-25(2)11-19-17(21(29)12-25)10-18(22(30)26-19)23(31)28-24-27-20(13-32-24)16-8-7-14-5-3-4-6-15(14)9-16/h7-10,13H,3-6,11-12H2,1-2H3,(H,26,30)(H,27,28,31). The number of ketones is 1. The molecule has 1 aromatic carbocycles. The van der Waals surface area contributed by atoms with Gasteiger partial charge in [0.05, 0.1) is 5.69 Å². The smallest absolute Gasteiger partial charge is 0.263 e. The van der Waals surface area contributed by atoms with Gasteiger partial charge in [-0.2, -0.15) is 0 Å². The van der Waals surface area contributed by atoms with Crippen molar-refractivity contribution < 1.29 is 9.59 Å². The van der Waals surface area contributed by atoms with Gasteiger partial charge < -0.3 is 4.98 Å². The number of pyridine rings is 1. The van der Waals surface area contributed by atoms with Crippen LogP contribution in [0.1, 0.15) is 70.6 Å². The Bertz CT molecular complexity index is 1300. The van der Waals surface area contributed by atoms with E-state index in [1.165, 1.54) is 41.4 Å². The maximum absolute atomic E-state index is 12.8. The predicted molar refractivity (Wildman–Crippen MR) is 126 cm³/mol. The highest BCUT2D eigenvalue weighted by molar-refractivity contribution is 7.14. The minimum absolute atomic E-state index is 0.0505. The number of Topliss-reactive ketones (excluding diaryl/α,β-unsaturated/α-hetero) is 1. The lowest BCUT2D eigenvalue weighted by Crippen LogP contribution is -2.32. The number of carbonyl (C=O) groups is 2. The molecule has 7 heteroatoms. The molecule has 0 fully saturated rings. The summed E-state index contributed by atoms with van der Waals surface area (Å²) in [5.74, 6) is -0.608. The molecular formula is C25H25N3O3S. The summed E-state index contributed by atoms with van der Waals surface area (Å²) in [4.78, 5) is 45.2. The highest BCUT2D eigenvalue weighted by Gasteiger charge is 2.32. The third-order valence-corrected chi connectivity index (χ3v) is 7.09. The van der Waals surface area contributed by atoms with Crippen LogP contribution in [-0.4, -0.2) is 21.7 Å². The van der Waals surface area contributed by atoms with E-state index in [4.69, 9.17) is 0 Å². The van der Waals surface area contributed by atoms with Crippen LogP contribution in [0, 0.1) is 5.41 Å². The van der Waals surface area contributed by atoms with Gasteiger partial charge in [-0.25, -0.2) is 4.98 Å². The monoisotopic (exact) mass is 447 g/mol. The molecule has 0 spiro atoms. The third-order valence-electron chi connectivity index (χ3n) is 6.33. The minimum Gasteiger partial charge on any atom is -0.325 e. The molecule has 2 aromatic heterocycles. The van der Waals surface area contributed by atoms with E-state index in [9.17, 15) is 14.4 Å². The second kappa shape index (κ2) is 7.81. The van der Waals surface area contributed by atoms with E-state index < -0.39 is 11.5 Å². The average Bonchev–Trinajstić information content (AvgIpc) is 3.20. The van der Waals surface area contributed by atoms with Crippen LogP contribution in [0.4, 0.5) is 5.13 Å². The van der Waals surface area contributed by atoms with Crippen molar-refractivity contribution in [3.05, 3.63) is 67.9 Å². The van der Waals surface area contributed by atoms with E-state index in [2.05, 4.69) is 33.5 Å². The summed E-state index contributed by atoms with van der Waals surface area (Å²) in [5, 5.41) is 5.06. The number of anilines is 1. The van der Waals surface area contributed by atoms with Gasteiger partial charge in [0.1, 0.15) is 5.56 Å². The molecule has 32 heavy (non-hydrogen) atoms. The predicted octanol–water partition coefficient (Wildman–Crippen LogP) is 4.78. The Kier molecular flexibility index (Phi) is 5.08. The normalized spacial score (nSPS) is 16.9. The number of nitrogens with one attached hydrogen (secondary N) is 2. The van der Waals surface area contributed by atoms with Crippen LogP contribution in [0.25, 0.3) is 11.3 Å². The number of nitrogens with zero attached hydrogens (tertiary/aromatic N) is 1. The van der Waals surface area contributed by atoms with E-state index in [0.29, 0.717) is 29.2 Å². The van der Waals surface area contributed by atoms with Crippen LogP contribution >= 0.6 is 11.3 Å². The van der Waals surface area contributed by atoms with Crippen LogP contribution in [-0.2, 0) is 19.3 Å². The van der Waals surface area contributed by atoms with Gasteiger partial charge in [-0.1, -0.05) is 26.0 Å². The fraction of sp³-hybridized carbons (Fsp3) is 0.360. The van der Waals surface area contributed by atoms with Crippen molar-refractivity contribution in [3.8, 4) is 11.3 Å². The van der Waals surface area contributed by atoms with Crippen molar-refractivity contribution in [3.63, 3.8) is 0 Å². The number of rotatable bonds is 3. The van der Waals surface area contributed by atoms with Crippen LogP contribution < -0.4 is 10.9 Å². The molecule has 164 valence electrons. The highest BCUT2D eigenvalue weighted by atomic mass is 32.1. The number of aromatic amines is 1. The second-order valence-electron chi connectivity index (χ2n) is 9.53. The maximum Gasteiger partial charge on any atom is 0.263 e. The summed E-state index contributed by atoms with van der Waals surface area (Å²) in [6.45, 7) is 3.99. The Labute approximate surface area is 190 Å². The van der Waals surface area contributed by atoms with Gasteiger partial charge in [-0.05, 0) is 60.8 Å². The number of aromatic nitrogens is 2. The lowest BCUT2D eigenvalue weighted by atomic mass is 9.75. The first-order valence-corrected chi connectivity index (χ1v) is 11.9. The SMILES string of the molecule is CC1(C)CC(=O)c2cc(C(=O)Nc3nc(-c4ccc5c(c4)CCCC5)cs3)c(=O)[nH]c2C1. The topological polar surface area (TPSA) is 91.9 Å². The highest BCUT2D eigenvalue weighted by Crippen LogP contribution is 2.34. The van der Waals surface area contributed by atoms with Crippen LogP contribution in [0.5, 0.6) is 0 Å². The Morgan fingerprint density at radius 3 is 2.69 bits per heavy atom. The molecule has 0 unspecified atom stereocenters. The van der Waals surface area contributed by atoms with Crippen molar-refractivity contribution in [2.24, 2.45) is 5.41 Å². The lowest BCUT2D eigenvalue weighted by Gasteiger charge is -2.29. The zero-order valence-corrected chi connectivity index (χ0v) is 19.0. The zero-order valence-electron chi connectivity index (χ0n) is 18.2.